The molecule has 2 rings (SSSR count). The Kier molecular flexibility index (Phi) is 5.36. The van der Waals surface area contributed by atoms with Crippen LogP contribution in [0, 0.1) is 0 Å². The van der Waals surface area contributed by atoms with Crippen LogP contribution in [0.2, 0.25) is 0 Å². The van der Waals surface area contributed by atoms with Crippen molar-refractivity contribution in [3.63, 3.8) is 0 Å². The van der Waals surface area contributed by atoms with E-state index in [1.165, 1.54) is 10.5 Å². The summed E-state index contributed by atoms with van der Waals surface area (Å²) in [6, 6.07) is 11.0. The fourth-order valence-electron chi connectivity index (χ4n) is 1.62. The van der Waals surface area contributed by atoms with E-state index in [1.54, 1.807) is 24.2 Å². The van der Waals surface area contributed by atoms with Crippen molar-refractivity contribution in [2.45, 2.75) is 37.1 Å². The molecule has 0 bridgehead atoms. The van der Waals surface area contributed by atoms with E-state index in [1.807, 2.05) is 6.07 Å². The second-order valence-corrected chi connectivity index (χ2v) is 5.69. The first-order valence-corrected chi connectivity index (χ1v) is 7.43. The summed E-state index contributed by atoms with van der Waals surface area (Å²) in [7, 11) is 0. The molecule has 0 spiro atoms. The summed E-state index contributed by atoms with van der Waals surface area (Å²) < 4.78 is 0. The molecule has 0 amide bonds. The third-order valence-electron chi connectivity index (χ3n) is 2.60. The van der Waals surface area contributed by atoms with E-state index in [0.717, 1.165) is 18.1 Å². The highest BCUT2D eigenvalue weighted by Gasteiger charge is 2.00. The predicted molar refractivity (Wildman–Crippen MR) is 80.0 cm³/mol. The normalized spacial score (nSPS) is 10.9. The maximum absolute atomic E-state index is 4.23. The van der Waals surface area contributed by atoms with Gasteiger partial charge in [0, 0.05) is 29.9 Å². The Morgan fingerprint density at radius 2 is 1.95 bits per heavy atom. The lowest BCUT2D eigenvalue weighted by Gasteiger charge is -2.09. The van der Waals surface area contributed by atoms with Gasteiger partial charge in [0.2, 0.25) is 0 Å². The van der Waals surface area contributed by atoms with Gasteiger partial charge in [0.15, 0.2) is 0 Å². The lowest BCUT2D eigenvalue weighted by atomic mass is 10.2. The number of hydrogen-bond donors (Lipinski definition) is 1. The standard InChI is InChI=1S/C15H19N3S/c1-12(2)18-10-13-5-3-6-14(9-13)19-11-15-16-7-4-8-17-15/h3-9,12,18H,10-11H2,1-2H3. The van der Waals surface area contributed by atoms with Gasteiger partial charge in [-0.3, -0.25) is 0 Å². The minimum Gasteiger partial charge on any atom is -0.310 e. The van der Waals surface area contributed by atoms with Crippen LogP contribution in [-0.2, 0) is 12.3 Å². The maximum Gasteiger partial charge on any atom is 0.138 e. The number of nitrogens with zero attached hydrogens (tertiary/aromatic N) is 2. The van der Waals surface area contributed by atoms with E-state index in [2.05, 4.69) is 53.4 Å². The van der Waals surface area contributed by atoms with Crippen LogP contribution in [0.5, 0.6) is 0 Å². The molecule has 0 radical (unpaired) electrons. The first kappa shape index (κ1) is 14.0. The van der Waals surface area contributed by atoms with Gasteiger partial charge in [-0.15, -0.1) is 11.8 Å². The molecule has 1 aromatic carbocycles. The van der Waals surface area contributed by atoms with Gasteiger partial charge in [0.1, 0.15) is 5.82 Å². The molecule has 0 atom stereocenters. The van der Waals surface area contributed by atoms with Gasteiger partial charge in [-0.1, -0.05) is 26.0 Å². The molecule has 4 heteroatoms. The molecule has 1 heterocycles. The summed E-state index contributed by atoms with van der Waals surface area (Å²) in [5, 5.41) is 3.43. The lowest BCUT2D eigenvalue weighted by molar-refractivity contribution is 0.588. The number of hydrogen-bond acceptors (Lipinski definition) is 4. The molecule has 100 valence electrons. The molecule has 1 aromatic heterocycles. The summed E-state index contributed by atoms with van der Waals surface area (Å²) in [5.41, 5.74) is 1.31. The Balaban J connectivity index is 1.91. The van der Waals surface area contributed by atoms with Crippen LogP contribution in [0.1, 0.15) is 25.2 Å². The van der Waals surface area contributed by atoms with E-state index in [4.69, 9.17) is 0 Å². The summed E-state index contributed by atoms with van der Waals surface area (Å²) in [5.74, 6) is 1.68. The SMILES string of the molecule is CC(C)NCc1cccc(SCc2ncccn2)c1. The van der Waals surface area contributed by atoms with Crippen LogP contribution >= 0.6 is 11.8 Å². The number of nitrogens with one attached hydrogen (secondary N) is 1. The number of thioether (sulfide) groups is 1. The highest BCUT2D eigenvalue weighted by atomic mass is 32.2. The zero-order chi connectivity index (χ0) is 13.5. The number of benzene rings is 1. The van der Waals surface area contributed by atoms with Crippen molar-refractivity contribution in [2.75, 3.05) is 0 Å². The van der Waals surface area contributed by atoms with Gasteiger partial charge in [0.25, 0.3) is 0 Å². The molecule has 0 aliphatic rings. The Labute approximate surface area is 118 Å². The topological polar surface area (TPSA) is 37.8 Å². The molecule has 3 nitrogen and oxygen atoms in total. The Hall–Kier alpha value is -1.39. The van der Waals surface area contributed by atoms with E-state index >= 15 is 0 Å². The van der Waals surface area contributed by atoms with Gasteiger partial charge in [-0.25, -0.2) is 9.97 Å². The predicted octanol–water partition coefficient (Wildman–Crippen LogP) is 3.27. The van der Waals surface area contributed by atoms with Crippen LogP contribution in [0.3, 0.4) is 0 Å². The molecule has 0 aliphatic carbocycles. The third-order valence-corrected chi connectivity index (χ3v) is 3.59. The smallest absolute Gasteiger partial charge is 0.138 e. The van der Waals surface area contributed by atoms with Gasteiger partial charge < -0.3 is 5.32 Å². The van der Waals surface area contributed by atoms with E-state index in [-0.39, 0.29) is 0 Å². The summed E-state index contributed by atoms with van der Waals surface area (Å²) >= 11 is 1.77. The largest absolute Gasteiger partial charge is 0.310 e. The number of rotatable bonds is 6. The Bertz CT molecular complexity index is 500. The van der Waals surface area contributed by atoms with Crippen molar-refractivity contribution in [3.8, 4) is 0 Å². The van der Waals surface area contributed by atoms with Crippen LogP contribution in [-0.4, -0.2) is 16.0 Å². The zero-order valence-electron chi connectivity index (χ0n) is 11.3. The maximum atomic E-state index is 4.23. The Morgan fingerprint density at radius 3 is 2.68 bits per heavy atom. The molecule has 19 heavy (non-hydrogen) atoms. The van der Waals surface area contributed by atoms with E-state index in [9.17, 15) is 0 Å². The first-order valence-electron chi connectivity index (χ1n) is 6.45. The van der Waals surface area contributed by atoms with Crippen molar-refractivity contribution in [1.82, 2.24) is 15.3 Å². The highest BCUT2D eigenvalue weighted by Crippen LogP contribution is 2.22. The third kappa shape index (κ3) is 5.01. The minimum atomic E-state index is 0.508. The molecule has 0 saturated heterocycles. The van der Waals surface area contributed by atoms with Crippen molar-refractivity contribution >= 4 is 11.8 Å². The zero-order valence-corrected chi connectivity index (χ0v) is 12.2. The molecular weight excluding hydrogens is 254 g/mol. The molecule has 0 aliphatic heterocycles. The summed E-state index contributed by atoms with van der Waals surface area (Å²) in [6.45, 7) is 5.23. The lowest BCUT2D eigenvalue weighted by Crippen LogP contribution is -2.21. The molecule has 0 unspecified atom stereocenters. The average Bonchev–Trinajstić information content (AvgIpc) is 2.44. The van der Waals surface area contributed by atoms with Crippen LogP contribution in [0.4, 0.5) is 0 Å². The fourth-order valence-corrected chi connectivity index (χ4v) is 2.47. The minimum absolute atomic E-state index is 0.508. The van der Waals surface area contributed by atoms with E-state index in [0.29, 0.717) is 6.04 Å². The van der Waals surface area contributed by atoms with Gasteiger partial charge >= 0.3 is 0 Å². The van der Waals surface area contributed by atoms with Gasteiger partial charge in [0.05, 0.1) is 5.75 Å². The molecular formula is C15H19N3S. The molecule has 1 N–H and O–H groups in total. The second kappa shape index (κ2) is 7.26. The summed E-state index contributed by atoms with van der Waals surface area (Å²) in [4.78, 5) is 9.72. The summed E-state index contributed by atoms with van der Waals surface area (Å²) in [6.07, 6.45) is 3.57. The Morgan fingerprint density at radius 1 is 1.16 bits per heavy atom. The molecule has 2 aromatic rings. The first-order chi connectivity index (χ1) is 9.24. The van der Waals surface area contributed by atoms with Crippen LogP contribution in [0.15, 0.2) is 47.6 Å². The van der Waals surface area contributed by atoms with Crippen molar-refractivity contribution < 1.29 is 0 Å². The second-order valence-electron chi connectivity index (χ2n) is 4.64. The molecule has 0 saturated carbocycles. The molecule has 0 fully saturated rings. The van der Waals surface area contributed by atoms with Crippen LogP contribution < -0.4 is 5.32 Å². The highest BCUT2D eigenvalue weighted by molar-refractivity contribution is 7.98. The average molecular weight is 273 g/mol. The van der Waals surface area contributed by atoms with Crippen LogP contribution in [0.25, 0.3) is 0 Å². The van der Waals surface area contributed by atoms with Gasteiger partial charge in [-0.05, 0) is 23.8 Å². The number of aromatic nitrogens is 2. The van der Waals surface area contributed by atoms with Crippen molar-refractivity contribution in [3.05, 3.63) is 54.1 Å². The van der Waals surface area contributed by atoms with Crippen molar-refractivity contribution in [2.24, 2.45) is 0 Å². The van der Waals surface area contributed by atoms with Gasteiger partial charge in [-0.2, -0.15) is 0 Å². The quantitative estimate of drug-likeness (QED) is 0.820. The monoisotopic (exact) mass is 273 g/mol. The fraction of sp³-hybridized carbons (Fsp3) is 0.333. The van der Waals surface area contributed by atoms with E-state index < -0.39 is 0 Å². The van der Waals surface area contributed by atoms with Crippen molar-refractivity contribution in [1.29, 1.82) is 0 Å².